The number of fused-ring (bicyclic) bond motifs is 1. The van der Waals surface area contributed by atoms with Gasteiger partial charge >= 0.3 is 0 Å². The Kier molecular flexibility index (Phi) is 5.21. The first-order valence-electron chi connectivity index (χ1n) is 8.66. The lowest BCUT2D eigenvalue weighted by Crippen LogP contribution is -2.47. The van der Waals surface area contributed by atoms with Crippen molar-refractivity contribution in [2.24, 2.45) is 7.05 Å². The summed E-state index contributed by atoms with van der Waals surface area (Å²) in [4.78, 5) is 14.1. The van der Waals surface area contributed by atoms with Crippen LogP contribution in [0.5, 0.6) is 0 Å². The Bertz CT molecular complexity index is 717. The molecule has 1 aromatic heterocycles. The highest BCUT2D eigenvalue weighted by atomic mass is 16.5. The lowest BCUT2D eigenvalue weighted by Gasteiger charge is -2.30. The molecular formula is C19H27N3O2. The van der Waals surface area contributed by atoms with E-state index in [9.17, 15) is 4.79 Å². The molecule has 0 aliphatic carbocycles. The highest BCUT2D eigenvalue weighted by Crippen LogP contribution is 2.26. The van der Waals surface area contributed by atoms with Gasteiger partial charge in [0, 0.05) is 56.2 Å². The van der Waals surface area contributed by atoms with Crippen LogP contribution in [0.4, 0.5) is 0 Å². The molecule has 1 saturated heterocycles. The first-order valence-corrected chi connectivity index (χ1v) is 8.66. The maximum Gasteiger partial charge on any atom is 0.217 e. The summed E-state index contributed by atoms with van der Waals surface area (Å²) >= 11 is 0. The van der Waals surface area contributed by atoms with E-state index < -0.39 is 0 Å². The molecular weight excluding hydrogens is 302 g/mol. The Hall–Kier alpha value is -1.85. The highest BCUT2D eigenvalue weighted by molar-refractivity contribution is 5.85. The van der Waals surface area contributed by atoms with E-state index in [1.54, 1.807) is 6.92 Å². The number of hydrogen-bond acceptors (Lipinski definition) is 3. The monoisotopic (exact) mass is 329 g/mol. The van der Waals surface area contributed by atoms with Crippen molar-refractivity contribution < 1.29 is 9.53 Å². The van der Waals surface area contributed by atoms with Crippen molar-refractivity contribution in [1.82, 2.24) is 14.8 Å². The lowest BCUT2D eigenvalue weighted by atomic mass is 10.0. The molecule has 1 aliphatic rings. The number of morpholine rings is 1. The number of aryl methyl sites for hydroxylation is 1. The van der Waals surface area contributed by atoms with E-state index in [4.69, 9.17) is 4.74 Å². The first-order chi connectivity index (χ1) is 11.6. The molecule has 1 N–H and O–H groups in total. The fourth-order valence-corrected chi connectivity index (χ4v) is 3.65. The summed E-state index contributed by atoms with van der Waals surface area (Å²) < 4.78 is 7.67. The molecule has 0 spiro atoms. The van der Waals surface area contributed by atoms with Gasteiger partial charge in [-0.3, -0.25) is 9.69 Å². The second-order valence-electron chi connectivity index (χ2n) is 6.65. The zero-order valence-electron chi connectivity index (χ0n) is 14.8. The third-order valence-corrected chi connectivity index (χ3v) is 4.97. The van der Waals surface area contributed by atoms with Crippen LogP contribution in [0.15, 0.2) is 24.3 Å². The molecule has 1 aromatic carbocycles. The molecule has 130 valence electrons. The summed E-state index contributed by atoms with van der Waals surface area (Å²) in [6, 6.07) is 8.61. The minimum absolute atomic E-state index is 0.0335. The van der Waals surface area contributed by atoms with E-state index in [0.29, 0.717) is 0 Å². The van der Waals surface area contributed by atoms with Crippen LogP contribution < -0.4 is 5.32 Å². The van der Waals surface area contributed by atoms with Crippen molar-refractivity contribution in [3.63, 3.8) is 0 Å². The number of ether oxygens (including phenoxy) is 1. The summed E-state index contributed by atoms with van der Waals surface area (Å²) in [5, 5.41) is 4.43. The molecule has 1 amide bonds. The van der Waals surface area contributed by atoms with Crippen molar-refractivity contribution in [3.05, 3.63) is 35.5 Å². The quantitative estimate of drug-likeness (QED) is 0.911. The van der Waals surface area contributed by atoms with Crippen LogP contribution in [0.25, 0.3) is 10.9 Å². The number of para-hydroxylation sites is 1. The molecule has 1 unspecified atom stereocenters. The lowest BCUT2D eigenvalue weighted by molar-refractivity contribution is -0.119. The van der Waals surface area contributed by atoms with Gasteiger partial charge in [-0.25, -0.2) is 0 Å². The topological polar surface area (TPSA) is 46.5 Å². The summed E-state index contributed by atoms with van der Waals surface area (Å²) in [7, 11) is 2.11. The Morgan fingerprint density at radius 3 is 2.71 bits per heavy atom. The molecule has 3 rings (SSSR count). The van der Waals surface area contributed by atoms with Crippen LogP contribution in [-0.4, -0.2) is 54.3 Å². The van der Waals surface area contributed by atoms with E-state index in [0.717, 1.165) is 39.3 Å². The molecule has 2 heterocycles. The Labute approximate surface area is 143 Å². The Morgan fingerprint density at radius 1 is 1.29 bits per heavy atom. The van der Waals surface area contributed by atoms with Crippen molar-refractivity contribution in [2.75, 3.05) is 32.8 Å². The number of amides is 1. The molecule has 1 atom stereocenters. The number of benzene rings is 1. The third kappa shape index (κ3) is 3.62. The Balaban J connectivity index is 1.84. The van der Waals surface area contributed by atoms with Gasteiger partial charge in [0.1, 0.15) is 0 Å². The molecule has 5 heteroatoms. The number of nitrogens with zero attached hydrogens (tertiary/aromatic N) is 2. The number of rotatable bonds is 5. The minimum Gasteiger partial charge on any atom is -0.379 e. The van der Waals surface area contributed by atoms with Crippen LogP contribution in [0.2, 0.25) is 0 Å². The van der Waals surface area contributed by atoms with Gasteiger partial charge in [0.25, 0.3) is 0 Å². The molecule has 0 radical (unpaired) electrons. The van der Waals surface area contributed by atoms with Crippen molar-refractivity contribution in [1.29, 1.82) is 0 Å². The molecule has 2 aromatic rings. The summed E-state index contributed by atoms with van der Waals surface area (Å²) in [6.45, 7) is 8.05. The SMILES string of the molecule is CC(=O)NC(Cc1c(C)n(C)c2ccccc12)CN1CCOCC1. The van der Waals surface area contributed by atoms with Gasteiger partial charge in [0.15, 0.2) is 0 Å². The van der Waals surface area contributed by atoms with E-state index in [2.05, 4.69) is 53.0 Å². The summed E-state index contributed by atoms with van der Waals surface area (Å²) in [6.07, 6.45) is 0.851. The molecule has 0 saturated carbocycles. The van der Waals surface area contributed by atoms with Crippen molar-refractivity contribution >= 4 is 16.8 Å². The molecule has 1 fully saturated rings. The second kappa shape index (κ2) is 7.36. The summed E-state index contributed by atoms with van der Waals surface area (Å²) in [5.41, 5.74) is 3.85. The van der Waals surface area contributed by atoms with E-state index >= 15 is 0 Å². The van der Waals surface area contributed by atoms with Gasteiger partial charge in [-0.15, -0.1) is 0 Å². The average Bonchev–Trinajstić information content (AvgIpc) is 2.81. The smallest absolute Gasteiger partial charge is 0.217 e. The number of carbonyl (C=O) groups excluding carboxylic acids is 1. The predicted octanol–water partition coefficient (Wildman–Crippen LogP) is 1.87. The van der Waals surface area contributed by atoms with Gasteiger partial charge in [-0.05, 0) is 25.0 Å². The van der Waals surface area contributed by atoms with Crippen LogP contribution in [0.1, 0.15) is 18.2 Å². The van der Waals surface area contributed by atoms with E-state index in [-0.39, 0.29) is 11.9 Å². The van der Waals surface area contributed by atoms with Gasteiger partial charge in [-0.1, -0.05) is 18.2 Å². The predicted molar refractivity (Wildman–Crippen MR) is 96.2 cm³/mol. The maximum absolute atomic E-state index is 11.7. The van der Waals surface area contributed by atoms with Crippen LogP contribution in [0, 0.1) is 6.92 Å². The maximum atomic E-state index is 11.7. The molecule has 0 bridgehead atoms. The number of hydrogen-bond donors (Lipinski definition) is 1. The third-order valence-electron chi connectivity index (χ3n) is 4.97. The minimum atomic E-state index is 0.0335. The van der Waals surface area contributed by atoms with Gasteiger partial charge < -0.3 is 14.6 Å². The molecule has 1 aliphatic heterocycles. The normalized spacial score (nSPS) is 17.1. The number of nitrogens with one attached hydrogen (secondary N) is 1. The zero-order chi connectivity index (χ0) is 17.1. The zero-order valence-corrected chi connectivity index (χ0v) is 14.8. The average molecular weight is 329 g/mol. The highest BCUT2D eigenvalue weighted by Gasteiger charge is 2.21. The van der Waals surface area contributed by atoms with Gasteiger partial charge in [0.05, 0.1) is 13.2 Å². The largest absolute Gasteiger partial charge is 0.379 e. The fraction of sp³-hybridized carbons (Fsp3) is 0.526. The summed E-state index contributed by atoms with van der Waals surface area (Å²) in [5.74, 6) is 0.0335. The van der Waals surface area contributed by atoms with Crippen molar-refractivity contribution in [2.45, 2.75) is 26.3 Å². The van der Waals surface area contributed by atoms with E-state index in [1.165, 1.54) is 22.2 Å². The van der Waals surface area contributed by atoms with Gasteiger partial charge in [-0.2, -0.15) is 0 Å². The first kappa shape index (κ1) is 17.0. The van der Waals surface area contributed by atoms with Crippen LogP contribution in [0.3, 0.4) is 0 Å². The number of carbonyl (C=O) groups is 1. The fourth-order valence-electron chi connectivity index (χ4n) is 3.65. The molecule has 24 heavy (non-hydrogen) atoms. The molecule has 5 nitrogen and oxygen atoms in total. The van der Waals surface area contributed by atoms with Crippen molar-refractivity contribution in [3.8, 4) is 0 Å². The van der Waals surface area contributed by atoms with Gasteiger partial charge in [0.2, 0.25) is 5.91 Å². The van der Waals surface area contributed by atoms with Crippen LogP contribution in [-0.2, 0) is 23.0 Å². The Morgan fingerprint density at radius 2 is 2.00 bits per heavy atom. The number of aromatic nitrogens is 1. The second-order valence-corrected chi connectivity index (χ2v) is 6.65. The van der Waals surface area contributed by atoms with E-state index in [1.807, 2.05) is 0 Å². The standard InChI is InChI=1S/C19H27N3O2/c1-14-18(17-6-4-5-7-19(17)21(14)3)12-16(20-15(2)23)13-22-8-10-24-11-9-22/h4-7,16H,8-13H2,1-3H3,(H,20,23). The van der Waals surface area contributed by atoms with Crippen LogP contribution >= 0.6 is 0 Å².